The van der Waals surface area contributed by atoms with Crippen molar-refractivity contribution in [1.29, 1.82) is 0 Å². The van der Waals surface area contributed by atoms with Crippen LogP contribution in [0.25, 0.3) is 100 Å². The maximum absolute atomic E-state index is 6.71. The molecule has 3 heterocycles. The highest BCUT2D eigenvalue weighted by Crippen LogP contribution is 2.41. The normalized spacial score (nSPS) is 11.9. The Bertz CT molecular complexity index is 3090. The molecular weight excluding hydrogens is 647 g/mol. The zero-order chi connectivity index (χ0) is 35.5. The van der Waals surface area contributed by atoms with Crippen LogP contribution in [-0.4, -0.2) is 14.5 Å². The third-order valence-corrected chi connectivity index (χ3v) is 10.3. The minimum atomic E-state index is 0.660. The molecule has 0 atom stereocenters. The second-order valence-corrected chi connectivity index (χ2v) is 13.5. The largest absolute Gasteiger partial charge is 0.452 e. The summed E-state index contributed by atoms with van der Waals surface area (Å²) in [6.45, 7) is 6.04. The molecule has 0 N–H and O–H groups in total. The van der Waals surface area contributed by atoms with E-state index in [9.17, 15) is 0 Å². The maximum atomic E-state index is 6.71. The monoisotopic (exact) mass is 679 g/mol. The SMILES string of the molecule is C=C/C=C\c1c(C)cccc1-c1nc(-c2cccc3ccccc23)nc2c1oc1ccc(-c3ccc4c(c3)c3ccccc3n4-c3ccccc3)cc12. The van der Waals surface area contributed by atoms with Gasteiger partial charge in [-0.25, -0.2) is 9.97 Å². The van der Waals surface area contributed by atoms with E-state index in [1.165, 1.54) is 21.8 Å². The van der Waals surface area contributed by atoms with Gasteiger partial charge in [-0.2, -0.15) is 0 Å². The molecule has 3 aromatic heterocycles. The maximum Gasteiger partial charge on any atom is 0.180 e. The minimum Gasteiger partial charge on any atom is -0.452 e. The molecule has 0 bridgehead atoms. The number of aromatic nitrogens is 3. The van der Waals surface area contributed by atoms with E-state index in [2.05, 4.69) is 176 Å². The van der Waals surface area contributed by atoms with Gasteiger partial charge < -0.3 is 8.98 Å². The molecule has 0 aliphatic carbocycles. The summed E-state index contributed by atoms with van der Waals surface area (Å²) in [5.41, 5.74) is 12.9. The van der Waals surface area contributed by atoms with Crippen molar-refractivity contribution in [1.82, 2.24) is 14.5 Å². The predicted molar refractivity (Wildman–Crippen MR) is 221 cm³/mol. The van der Waals surface area contributed by atoms with Crippen LogP contribution in [0.15, 0.2) is 175 Å². The number of aryl methyl sites for hydroxylation is 1. The first kappa shape index (κ1) is 30.8. The van der Waals surface area contributed by atoms with Gasteiger partial charge in [0.25, 0.3) is 0 Å². The predicted octanol–water partition coefficient (Wildman–Crippen LogP) is 13.1. The van der Waals surface area contributed by atoms with Gasteiger partial charge in [-0.3, -0.25) is 0 Å². The summed E-state index contributed by atoms with van der Waals surface area (Å²) in [6, 6.07) is 53.4. The number of fused-ring (bicyclic) bond motifs is 7. The number of furan rings is 1. The van der Waals surface area contributed by atoms with Crippen LogP contribution < -0.4 is 0 Å². The number of nitrogens with zero attached hydrogens (tertiary/aromatic N) is 3. The minimum absolute atomic E-state index is 0.660. The Morgan fingerprint density at radius 3 is 2.17 bits per heavy atom. The first-order valence-corrected chi connectivity index (χ1v) is 17.9. The summed E-state index contributed by atoms with van der Waals surface area (Å²) in [5, 5.41) is 5.63. The first-order chi connectivity index (χ1) is 26.2. The Kier molecular flexibility index (Phi) is 7.15. The zero-order valence-electron chi connectivity index (χ0n) is 29.1. The van der Waals surface area contributed by atoms with Crippen LogP contribution in [0.2, 0.25) is 0 Å². The van der Waals surface area contributed by atoms with Gasteiger partial charge in [-0.05, 0) is 82.4 Å². The van der Waals surface area contributed by atoms with E-state index in [0.717, 1.165) is 72.0 Å². The lowest BCUT2D eigenvalue weighted by Gasteiger charge is -2.12. The summed E-state index contributed by atoms with van der Waals surface area (Å²) < 4.78 is 9.06. The quantitative estimate of drug-likeness (QED) is 0.164. The van der Waals surface area contributed by atoms with Crippen LogP contribution in [0.5, 0.6) is 0 Å². The van der Waals surface area contributed by atoms with E-state index in [0.29, 0.717) is 11.4 Å². The molecule has 53 heavy (non-hydrogen) atoms. The molecule has 0 aliphatic rings. The molecule has 10 aromatic rings. The topological polar surface area (TPSA) is 43.9 Å². The van der Waals surface area contributed by atoms with Crippen LogP contribution >= 0.6 is 0 Å². The van der Waals surface area contributed by atoms with Gasteiger partial charge >= 0.3 is 0 Å². The highest BCUT2D eigenvalue weighted by molar-refractivity contribution is 6.12. The zero-order valence-corrected chi connectivity index (χ0v) is 29.1. The van der Waals surface area contributed by atoms with Crippen LogP contribution in [0, 0.1) is 6.92 Å². The van der Waals surface area contributed by atoms with Crippen molar-refractivity contribution in [3.05, 3.63) is 182 Å². The molecule has 0 spiro atoms. The van der Waals surface area contributed by atoms with E-state index in [1.54, 1.807) is 6.08 Å². The van der Waals surface area contributed by atoms with Crippen molar-refractivity contribution in [2.24, 2.45) is 0 Å². The van der Waals surface area contributed by atoms with Crippen molar-refractivity contribution in [3.8, 4) is 39.5 Å². The van der Waals surface area contributed by atoms with E-state index >= 15 is 0 Å². The fourth-order valence-corrected chi connectivity index (χ4v) is 7.83. The molecule has 250 valence electrons. The lowest BCUT2D eigenvalue weighted by Crippen LogP contribution is -1.97. The number of hydrogen-bond donors (Lipinski definition) is 0. The Morgan fingerprint density at radius 1 is 0.604 bits per heavy atom. The molecule has 10 rings (SSSR count). The number of benzene rings is 7. The van der Waals surface area contributed by atoms with Gasteiger partial charge in [-0.15, -0.1) is 0 Å². The Labute approximate surface area is 306 Å². The highest BCUT2D eigenvalue weighted by atomic mass is 16.3. The summed E-state index contributed by atoms with van der Waals surface area (Å²) >= 11 is 0. The van der Waals surface area contributed by atoms with Crippen LogP contribution in [0.4, 0.5) is 0 Å². The van der Waals surface area contributed by atoms with Crippen LogP contribution in [-0.2, 0) is 0 Å². The van der Waals surface area contributed by atoms with E-state index in [-0.39, 0.29) is 0 Å². The first-order valence-electron chi connectivity index (χ1n) is 17.9. The van der Waals surface area contributed by atoms with Crippen LogP contribution in [0.3, 0.4) is 0 Å². The van der Waals surface area contributed by atoms with Crippen molar-refractivity contribution in [2.75, 3.05) is 0 Å². The van der Waals surface area contributed by atoms with Gasteiger partial charge in [0.05, 0.1) is 11.0 Å². The second-order valence-electron chi connectivity index (χ2n) is 13.5. The van der Waals surface area contributed by atoms with E-state index < -0.39 is 0 Å². The molecule has 7 aromatic carbocycles. The molecule has 0 fully saturated rings. The Morgan fingerprint density at radius 2 is 1.30 bits per heavy atom. The standard InChI is InChI=1S/C49H33N3O/c1-3-4-19-36-31(2)14-12-22-39(36)46-48-47(51-49(50-46)40-23-13-16-32-15-8-9-20-37(32)40)42-30-34(26-28-45(42)53-48)33-25-27-44-41(29-33)38-21-10-11-24-43(38)52(44)35-17-6-5-7-18-35/h3-30H,1H2,2H3/b19-4-. The molecule has 0 amide bonds. The number of hydrogen-bond acceptors (Lipinski definition) is 3. The summed E-state index contributed by atoms with van der Waals surface area (Å²) in [7, 11) is 0. The number of allylic oxidation sites excluding steroid dienone is 2. The van der Waals surface area contributed by atoms with Crippen molar-refractivity contribution >= 4 is 60.7 Å². The van der Waals surface area contributed by atoms with Crippen molar-refractivity contribution in [3.63, 3.8) is 0 Å². The van der Waals surface area contributed by atoms with Gasteiger partial charge in [0, 0.05) is 33.0 Å². The van der Waals surface area contributed by atoms with Gasteiger partial charge in [0.1, 0.15) is 16.8 Å². The lowest BCUT2D eigenvalue weighted by atomic mass is 9.97. The molecule has 0 saturated carbocycles. The Balaban J connectivity index is 1.22. The summed E-state index contributed by atoms with van der Waals surface area (Å²) in [6.07, 6.45) is 5.86. The van der Waals surface area contributed by atoms with E-state index in [1.807, 2.05) is 6.08 Å². The third kappa shape index (κ3) is 4.99. The Hall–Kier alpha value is -7.04. The summed E-state index contributed by atoms with van der Waals surface area (Å²) in [5.74, 6) is 0.660. The average molecular weight is 680 g/mol. The van der Waals surface area contributed by atoms with Crippen molar-refractivity contribution < 1.29 is 4.42 Å². The smallest absolute Gasteiger partial charge is 0.180 e. The molecular formula is C49H33N3O. The van der Waals surface area contributed by atoms with E-state index in [4.69, 9.17) is 14.4 Å². The summed E-state index contributed by atoms with van der Waals surface area (Å²) in [4.78, 5) is 10.6. The second kappa shape index (κ2) is 12.3. The van der Waals surface area contributed by atoms with Crippen LogP contribution in [0.1, 0.15) is 11.1 Å². The molecule has 4 nitrogen and oxygen atoms in total. The average Bonchev–Trinajstić information content (AvgIpc) is 3.75. The molecule has 0 unspecified atom stereocenters. The van der Waals surface area contributed by atoms with Gasteiger partial charge in [0.15, 0.2) is 11.4 Å². The van der Waals surface area contributed by atoms with Crippen molar-refractivity contribution in [2.45, 2.75) is 6.92 Å². The number of rotatable bonds is 6. The molecule has 4 heteroatoms. The fourth-order valence-electron chi connectivity index (χ4n) is 7.83. The number of para-hydroxylation sites is 2. The highest BCUT2D eigenvalue weighted by Gasteiger charge is 2.22. The molecule has 0 saturated heterocycles. The third-order valence-electron chi connectivity index (χ3n) is 10.3. The molecule has 0 radical (unpaired) electrons. The fraction of sp³-hybridized carbons (Fsp3) is 0.0204. The molecule has 0 aliphatic heterocycles. The lowest BCUT2D eigenvalue weighted by molar-refractivity contribution is 0.667. The van der Waals surface area contributed by atoms with Gasteiger partial charge in [0.2, 0.25) is 0 Å². The van der Waals surface area contributed by atoms with Gasteiger partial charge in [-0.1, -0.05) is 134 Å².